The van der Waals surface area contributed by atoms with Crippen molar-refractivity contribution in [3.63, 3.8) is 0 Å². The monoisotopic (exact) mass is 238 g/mol. The molecule has 0 aromatic rings. The Morgan fingerprint density at radius 3 is 2.71 bits per heavy atom. The summed E-state index contributed by atoms with van der Waals surface area (Å²) in [6.07, 6.45) is 9.81. The van der Waals surface area contributed by atoms with E-state index in [4.69, 9.17) is 0 Å². The molecule has 0 aromatic carbocycles. The third-order valence-electron chi connectivity index (χ3n) is 4.52. The quantitative estimate of drug-likeness (QED) is 0.761. The van der Waals surface area contributed by atoms with Gasteiger partial charge in [-0.1, -0.05) is 19.3 Å². The van der Waals surface area contributed by atoms with Crippen molar-refractivity contribution in [1.29, 1.82) is 0 Å². The second-order valence-corrected chi connectivity index (χ2v) is 5.83. The van der Waals surface area contributed by atoms with Crippen LogP contribution in [-0.2, 0) is 4.79 Å². The first kappa shape index (κ1) is 12.9. The van der Waals surface area contributed by atoms with Gasteiger partial charge in [0.15, 0.2) is 0 Å². The smallest absolute Gasteiger partial charge is 0.222 e. The Bertz CT molecular complexity index is 259. The number of carbonyl (C=O) groups is 1. The molecule has 1 saturated heterocycles. The summed E-state index contributed by atoms with van der Waals surface area (Å²) < 4.78 is 0. The van der Waals surface area contributed by atoms with Gasteiger partial charge in [0, 0.05) is 19.5 Å². The highest BCUT2D eigenvalue weighted by molar-refractivity contribution is 5.76. The molecule has 1 saturated carbocycles. The average molecular weight is 238 g/mol. The molecule has 0 radical (unpaired) electrons. The van der Waals surface area contributed by atoms with Gasteiger partial charge >= 0.3 is 0 Å². The molecule has 0 aromatic heterocycles. The number of hydrogen-bond acceptors (Lipinski definition) is 2. The molecule has 3 heteroatoms. The fraction of sp³-hybridized carbons (Fsp3) is 0.929. The fourth-order valence-electron chi connectivity index (χ4n) is 3.43. The molecule has 0 atom stereocenters. The van der Waals surface area contributed by atoms with Gasteiger partial charge < -0.3 is 10.2 Å². The molecule has 2 aliphatic rings. The van der Waals surface area contributed by atoms with Gasteiger partial charge in [-0.2, -0.15) is 0 Å². The Balaban J connectivity index is 1.78. The number of amides is 1. The lowest BCUT2D eigenvalue weighted by Gasteiger charge is -2.33. The van der Waals surface area contributed by atoms with E-state index in [2.05, 4.69) is 10.2 Å². The van der Waals surface area contributed by atoms with Crippen LogP contribution in [0.2, 0.25) is 0 Å². The molecule has 1 amide bonds. The summed E-state index contributed by atoms with van der Waals surface area (Å²) in [5, 5.41) is 3.10. The number of hydrogen-bond donors (Lipinski definition) is 1. The van der Waals surface area contributed by atoms with E-state index in [9.17, 15) is 4.79 Å². The Morgan fingerprint density at radius 1 is 1.24 bits per heavy atom. The number of carbonyl (C=O) groups excluding carboxylic acids is 1. The summed E-state index contributed by atoms with van der Waals surface area (Å²) in [5.41, 5.74) is 0.511. The first-order valence-corrected chi connectivity index (χ1v) is 7.18. The summed E-state index contributed by atoms with van der Waals surface area (Å²) in [7, 11) is 1.94. The topological polar surface area (TPSA) is 32.3 Å². The highest BCUT2D eigenvalue weighted by Gasteiger charge is 2.39. The van der Waals surface area contributed by atoms with Crippen molar-refractivity contribution in [2.24, 2.45) is 5.41 Å². The van der Waals surface area contributed by atoms with Gasteiger partial charge in [-0.05, 0) is 44.7 Å². The molecule has 98 valence electrons. The summed E-state index contributed by atoms with van der Waals surface area (Å²) in [5.74, 6) is 0.377. The lowest BCUT2D eigenvalue weighted by Crippen LogP contribution is -2.33. The molecule has 2 rings (SSSR count). The second-order valence-electron chi connectivity index (χ2n) is 5.83. The van der Waals surface area contributed by atoms with Crippen LogP contribution >= 0.6 is 0 Å². The minimum absolute atomic E-state index is 0.377. The molecule has 0 unspecified atom stereocenters. The third-order valence-corrected chi connectivity index (χ3v) is 4.52. The van der Waals surface area contributed by atoms with Crippen LogP contribution in [0.25, 0.3) is 0 Å². The van der Waals surface area contributed by atoms with Gasteiger partial charge in [-0.15, -0.1) is 0 Å². The van der Waals surface area contributed by atoms with E-state index in [1.807, 2.05) is 7.05 Å². The number of likely N-dealkylation sites (tertiary alicyclic amines) is 1. The normalized spacial score (nSPS) is 23.2. The molecule has 1 heterocycles. The Labute approximate surface area is 105 Å². The summed E-state index contributed by atoms with van der Waals surface area (Å²) in [6, 6.07) is 0. The van der Waals surface area contributed by atoms with Crippen molar-refractivity contribution in [1.82, 2.24) is 10.2 Å². The highest BCUT2D eigenvalue weighted by atomic mass is 16.2. The maximum atomic E-state index is 12.0. The van der Waals surface area contributed by atoms with Crippen LogP contribution in [0.15, 0.2) is 0 Å². The molecular formula is C14H26N2O. The maximum Gasteiger partial charge on any atom is 0.222 e. The predicted molar refractivity (Wildman–Crippen MR) is 69.9 cm³/mol. The Morgan fingerprint density at radius 2 is 2.00 bits per heavy atom. The van der Waals surface area contributed by atoms with E-state index < -0.39 is 0 Å². The molecule has 1 aliphatic carbocycles. The number of nitrogens with zero attached hydrogens (tertiary/aromatic N) is 1. The zero-order valence-electron chi connectivity index (χ0n) is 11.1. The molecular weight excluding hydrogens is 212 g/mol. The standard InChI is InChI=1S/C14H26N2O/c1-15-10-5-6-13(17)16-11-9-14(12-16)7-3-2-4-8-14/h15H,2-12H2,1H3. The second kappa shape index (κ2) is 5.85. The van der Waals surface area contributed by atoms with Crippen molar-refractivity contribution in [3.05, 3.63) is 0 Å². The van der Waals surface area contributed by atoms with Crippen LogP contribution in [-0.4, -0.2) is 37.5 Å². The summed E-state index contributed by atoms with van der Waals surface area (Å²) in [6.45, 7) is 3.01. The zero-order chi connectivity index (χ0) is 12.1. The number of nitrogens with one attached hydrogen (secondary N) is 1. The van der Waals surface area contributed by atoms with Crippen LogP contribution in [0.1, 0.15) is 51.4 Å². The summed E-state index contributed by atoms with van der Waals surface area (Å²) >= 11 is 0. The van der Waals surface area contributed by atoms with Crippen LogP contribution in [0.3, 0.4) is 0 Å². The zero-order valence-corrected chi connectivity index (χ0v) is 11.1. The lowest BCUT2D eigenvalue weighted by molar-refractivity contribution is -0.130. The summed E-state index contributed by atoms with van der Waals surface area (Å²) in [4.78, 5) is 14.2. The molecule has 1 spiro atoms. The molecule has 3 nitrogen and oxygen atoms in total. The van der Waals surface area contributed by atoms with E-state index in [1.54, 1.807) is 0 Å². The van der Waals surface area contributed by atoms with Crippen molar-refractivity contribution in [2.75, 3.05) is 26.7 Å². The molecule has 1 N–H and O–H groups in total. The van der Waals surface area contributed by atoms with E-state index in [0.717, 1.165) is 32.5 Å². The van der Waals surface area contributed by atoms with E-state index in [-0.39, 0.29) is 0 Å². The third kappa shape index (κ3) is 3.21. The minimum atomic E-state index is 0.377. The van der Waals surface area contributed by atoms with Crippen LogP contribution in [0, 0.1) is 5.41 Å². The van der Waals surface area contributed by atoms with Gasteiger partial charge in [0.25, 0.3) is 0 Å². The van der Waals surface area contributed by atoms with Crippen molar-refractivity contribution in [2.45, 2.75) is 51.4 Å². The van der Waals surface area contributed by atoms with Gasteiger partial charge in [0.2, 0.25) is 5.91 Å². The highest BCUT2D eigenvalue weighted by Crippen LogP contribution is 2.43. The lowest BCUT2D eigenvalue weighted by atomic mass is 9.73. The van der Waals surface area contributed by atoms with Gasteiger partial charge in [-0.3, -0.25) is 4.79 Å². The van der Waals surface area contributed by atoms with Crippen molar-refractivity contribution in [3.8, 4) is 0 Å². The molecule has 0 bridgehead atoms. The largest absolute Gasteiger partial charge is 0.342 e. The first-order chi connectivity index (χ1) is 8.26. The predicted octanol–water partition coefficient (Wildman–Crippen LogP) is 2.17. The van der Waals surface area contributed by atoms with Gasteiger partial charge in [0.1, 0.15) is 0 Å². The first-order valence-electron chi connectivity index (χ1n) is 7.18. The molecule has 2 fully saturated rings. The van der Waals surface area contributed by atoms with Gasteiger partial charge in [-0.25, -0.2) is 0 Å². The Hall–Kier alpha value is -0.570. The molecule has 1 aliphatic heterocycles. The van der Waals surface area contributed by atoms with Crippen LogP contribution in [0.5, 0.6) is 0 Å². The maximum absolute atomic E-state index is 12.0. The average Bonchev–Trinajstić information content (AvgIpc) is 2.74. The Kier molecular flexibility index (Phi) is 4.43. The van der Waals surface area contributed by atoms with E-state index in [0.29, 0.717) is 11.3 Å². The van der Waals surface area contributed by atoms with E-state index >= 15 is 0 Å². The van der Waals surface area contributed by atoms with Crippen LogP contribution < -0.4 is 5.32 Å². The number of rotatable bonds is 4. The van der Waals surface area contributed by atoms with Crippen molar-refractivity contribution < 1.29 is 4.79 Å². The molecule has 17 heavy (non-hydrogen) atoms. The van der Waals surface area contributed by atoms with Gasteiger partial charge in [0.05, 0.1) is 0 Å². The van der Waals surface area contributed by atoms with Crippen molar-refractivity contribution >= 4 is 5.91 Å². The minimum Gasteiger partial charge on any atom is -0.342 e. The van der Waals surface area contributed by atoms with Crippen LogP contribution in [0.4, 0.5) is 0 Å². The fourth-order valence-corrected chi connectivity index (χ4v) is 3.43. The van der Waals surface area contributed by atoms with E-state index in [1.165, 1.54) is 38.5 Å². The SMILES string of the molecule is CNCCCC(=O)N1CCC2(CCCCC2)C1.